The number of ether oxygens (including phenoxy) is 2. The highest BCUT2D eigenvalue weighted by Crippen LogP contribution is 2.49. The van der Waals surface area contributed by atoms with E-state index in [2.05, 4.69) is 10.2 Å². The topological polar surface area (TPSA) is 77.7 Å². The summed E-state index contributed by atoms with van der Waals surface area (Å²) in [4.78, 5) is 15.5. The van der Waals surface area contributed by atoms with Crippen LogP contribution in [-0.4, -0.2) is 54.4 Å². The third-order valence-electron chi connectivity index (χ3n) is 7.12. The van der Waals surface area contributed by atoms with Gasteiger partial charge >= 0.3 is 0 Å². The maximum Gasteiger partial charge on any atom is 0.254 e. The van der Waals surface area contributed by atoms with Crippen LogP contribution >= 0.6 is 0 Å². The van der Waals surface area contributed by atoms with E-state index in [0.29, 0.717) is 43.6 Å². The lowest BCUT2D eigenvalue weighted by atomic mass is 9.72. The maximum atomic E-state index is 13.5. The highest BCUT2D eigenvalue weighted by atomic mass is 16.5. The molecular weight excluding hydrogens is 418 g/mol. The summed E-state index contributed by atoms with van der Waals surface area (Å²) in [7, 11) is 1.63. The number of nitrogens with zero attached hydrogens (tertiary/aromatic N) is 3. The Balaban J connectivity index is 1.44. The normalized spacial score (nSPS) is 19.7. The first kappa shape index (κ1) is 21.6. The summed E-state index contributed by atoms with van der Waals surface area (Å²) in [5.74, 6) is 1.88. The Bertz CT molecular complexity index is 1150. The highest BCUT2D eigenvalue weighted by molar-refractivity contribution is 5.96. The zero-order chi connectivity index (χ0) is 23.0. The van der Waals surface area contributed by atoms with E-state index in [1.165, 1.54) is 5.56 Å². The first-order chi connectivity index (χ1) is 16.0. The Morgan fingerprint density at radius 2 is 1.85 bits per heavy atom. The van der Waals surface area contributed by atoms with Gasteiger partial charge in [0.1, 0.15) is 5.75 Å². The highest BCUT2D eigenvalue weighted by Gasteiger charge is 2.51. The van der Waals surface area contributed by atoms with Gasteiger partial charge < -0.3 is 18.8 Å². The number of aryl methyl sites for hydroxylation is 2. The van der Waals surface area contributed by atoms with Crippen LogP contribution in [0.25, 0.3) is 11.5 Å². The molecule has 1 amide bonds. The molecule has 7 heteroatoms. The number of methoxy groups -OCH3 is 1. The number of rotatable bonds is 4. The van der Waals surface area contributed by atoms with Crippen LogP contribution < -0.4 is 4.74 Å². The van der Waals surface area contributed by atoms with Gasteiger partial charge in [-0.3, -0.25) is 4.79 Å². The van der Waals surface area contributed by atoms with Gasteiger partial charge in [0, 0.05) is 42.8 Å². The van der Waals surface area contributed by atoms with Crippen LogP contribution in [0.15, 0.2) is 46.9 Å². The first-order valence-corrected chi connectivity index (χ1v) is 11.4. The second-order valence-electron chi connectivity index (χ2n) is 9.21. The van der Waals surface area contributed by atoms with Crippen LogP contribution in [0.2, 0.25) is 0 Å². The fourth-order valence-corrected chi connectivity index (χ4v) is 5.11. The van der Waals surface area contributed by atoms with E-state index in [1.807, 2.05) is 61.2 Å². The molecule has 0 N–H and O–H groups in total. The summed E-state index contributed by atoms with van der Waals surface area (Å²) < 4.78 is 17.2. The number of aromatic nitrogens is 2. The molecule has 1 aromatic heterocycles. The van der Waals surface area contributed by atoms with Gasteiger partial charge in [0.25, 0.3) is 5.91 Å². The van der Waals surface area contributed by atoms with Gasteiger partial charge in [0.2, 0.25) is 11.8 Å². The van der Waals surface area contributed by atoms with E-state index in [0.717, 1.165) is 29.7 Å². The number of carbonyl (C=O) groups excluding carboxylic acids is 1. The lowest BCUT2D eigenvalue weighted by Gasteiger charge is -2.36. The van der Waals surface area contributed by atoms with E-state index in [9.17, 15) is 4.79 Å². The van der Waals surface area contributed by atoms with Crippen LogP contribution in [-0.2, 0) is 4.74 Å². The van der Waals surface area contributed by atoms with Gasteiger partial charge in [-0.2, -0.15) is 0 Å². The SMILES string of the molecule is COc1ccc(C(=O)N2CC(c3nnc(-c4ccc(C)cc4)o3)C3(CCOCC3)C2)c(C)c1. The van der Waals surface area contributed by atoms with Crippen LogP contribution in [0.3, 0.4) is 0 Å². The minimum atomic E-state index is -0.120. The number of carbonyl (C=O) groups is 1. The second kappa shape index (κ2) is 8.63. The predicted octanol–water partition coefficient (Wildman–Crippen LogP) is 4.40. The third kappa shape index (κ3) is 4.02. The van der Waals surface area contributed by atoms with Crippen LogP contribution in [0.4, 0.5) is 0 Å². The average molecular weight is 448 g/mol. The molecule has 3 heterocycles. The van der Waals surface area contributed by atoms with Crippen molar-refractivity contribution in [2.75, 3.05) is 33.4 Å². The van der Waals surface area contributed by atoms with E-state index in [4.69, 9.17) is 13.9 Å². The van der Waals surface area contributed by atoms with Crippen LogP contribution in [0.1, 0.15) is 46.1 Å². The lowest BCUT2D eigenvalue weighted by Crippen LogP contribution is -2.37. The molecule has 2 aromatic carbocycles. The van der Waals surface area contributed by atoms with Crippen molar-refractivity contribution < 1.29 is 18.7 Å². The summed E-state index contributed by atoms with van der Waals surface area (Å²) in [5, 5.41) is 8.78. The molecule has 1 atom stereocenters. The number of benzene rings is 2. The molecule has 2 aliphatic rings. The molecule has 1 unspecified atom stereocenters. The maximum absolute atomic E-state index is 13.5. The molecular formula is C26H29N3O4. The molecule has 0 bridgehead atoms. The van der Waals surface area contributed by atoms with Gasteiger partial charge in [-0.25, -0.2) is 0 Å². The summed E-state index contributed by atoms with van der Waals surface area (Å²) in [6.45, 7) is 6.57. The van der Waals surface area contributed by atoms with Crippen LogP contribution in [0.5, 0.6) is 5.75 Å². The molecule has 172 valence electrons. The van der Waals surface area contributed by atoms with E-state index >= 15 is 0 Å². The lowest BCUT2D eigenvalue weighted by molar-refractivity contribution is 0.00908. The molecule has 2 aliphatic heterocycles. The molecule has 7 nitrogen and oxygen atoms in total. The van der Waals surface area contributed by atoms with Gasteiger partial charge in [-0.1, -0.05) is 17.7 Å². The smallest absolute Gasteiger partial charge is 0.254 e. The van der Waals surface area contributed by atoms with Crippen molar-refractivity contribution in [2.45, 2.75) is 32.6 Å². The number of hydrogen-bond donors (Lipinski definition) is 0. The Hall–Kier alpha value is -3.19. The van der Waals surface area contributed by atoms with Gasteiger partial charge in [-0.05, 0) is 62.6 Å². The summed E-state index contributed by atoms with van der Waals surface area (Å²) in [6.07, 6.45) is 1.73. The minimum absolute atomic E-state index is 0.0180. The van der Waals surface area contributed by atoms with Crippen molar-refractivity contribution in [1.29, 1.82) is 0 Å². The molecule has 0 saturated carbocycles. The number of amides is 1. The fraction of sp³-hybridized carbons (Fsp3) is 0.423. The largest absolute Gasteiger partial charge is 0.497 e. The average Bonchev–Trinajstić information content (AvgIpc) is 3.45. The zero-order valence-electron chi connectivity index (χ0n) is 19.3. The van der Waals surface area contributed by atoms with E-state index in [1.54, 1.807) is 7.11 Å². The molecule has 5 rings (SSSR count). The van der Waals surface area contributed by atoms with Crippen molar-refractivity contribution in [3.8, 4) is 17.2 Å². The number of hydrogen-bond acceptors (Lipinski definition) is 6. The Kier molecular flexibility index (Phi) is 5.66. The van der Waals surface area contributed by atoms with Crippen molar-refractivity contribution in [1.82, 2.24) is 15.1 Å². The Morgan fingerprint density at radius 3 is 2.55 bits per heavy atom. The van der Waals surface area contributed by atoms with Crippen molar-refractivity contribution in [2.24, 2.45) is 5.41 Å². The first-order valence-electron chi connectivity index (χ1n) is 11.4. The van der Waals surface area contributed by atoms with Crippen molar-refractivity contribution in [3.05, 3.63) is 65.0 Å². The predicted molar refractivity (Wildman–Crippen MR) is 123 cm³/mol. The van der Waals surface area contributed by atoms with E-state index < -0.39 is 0 Å². The van der Waals surface area contributed by atoms with Gasteiger partial charge in [0.15, 0.2) is 0 Å². The Morgan fingerprint density at radius 1 is 1.09 bits per heavy atom. The minimum Gasteiger partial charge on any atom is -0.497 e. The molecule has 2 saturated heterocycles. The van der Waals surface area contributed by atoms with Crippen LogP contribution in [0, 0.1) is 19.3 Å². The molecule has 0 aliphatic carbocycles. The number of likely N-dealkylation sites (tertiary alicyclic amines) is 1. The standard InChI is InChI=1S/C26H29N3O4/c1-17-4-6-19(7-5-17)23-27-28-24(33-23)22-15-29(16-26(22)10-12-32-13-11-26)25(30)21-9-8-20(31-3)14-18(21)2/h4-9,14,22H,10-13,15-16H2,1-3H3. The van der Waals surface area contributed by atoms with Gasteiger partial charge in [0.05, 0.1) is 13.0 Å². The molecule has 2 fully saturated rings. The van der Waals surface area contributed by atoms with Crippen molar-refractivity contribution >= 4 is 5.91 Å². The molecule has 3 aromatic rings. The summed E-state index contributed by atoms with van der Waals surface area (Å²) in [5.41, 5.74) is 3.57. The monoisotopic (exact) mass is 447 g/mol. The molecule has 33 heavy (non-hydrogen) atoms. The quantitative estimate of drug-likeness (QED) is 0.590. The van der Waals surface area contributed by atoms with Crippen molar-refractivity contribution in [3.63, 3.8) is 0 Å². The third-order valence-corrected chi connectivity index (χ3v) is 7.12. The zero-order valence-corrected chi connectivity index (χ0v) is 19.3. The molecule has 1 spiro atoms. The fourth-order valence-electron chi connectivity index (χ4n) is 5.11. The second-order valence-corrected chi connectivity index (χ2v) is 9.21. The van der Waals surface area contributed by atoms with Gasteiger partial charge in [-0.15, -0.1) is 10.2 Å². The summed E-state index contributed by atoms with van der Waals surface area (Å²) >= 11 is 0. The summed E-state index contributed by atoms with van der Waals surface area (Å²) in [6, 6.07) is 13.6. The Labute approximate surface area is 193 Å². The molecule has 0 radical (unpaired) electrons. The van der Waals surface area contributed by atoms with E-state index in [-0.39, 0.29) is 17.2 Å².